The highest BCUT2D eigenvalue weighted by atomic mass is 16.6. The zero-order valence-electron chi connectivity index (χ0n) is 21.0. The van der Waals surface area contributed by atoms with Crippen molar-refractivity contribution in [1.82, 2.24) is 14.5 Å². The Kier molecular flexibility index (Phi) is 6.05. The summed E-state index contributed by atoms with van der Waals surface area (Å²) in [5, 5.41) is 18.4. The normalized spacial score (nSPS) is 20.8. The van der Waals surface area contributed by atoms with Crippen LogP contribution in [0.3, 0.4) is 0 Å². The van der Waals surface area contributed by atoms with Crippen LogP contribution in [0.15, 0.2) is 73.1 Å². The number of nitrogens with zero attached hydrogens (tertiary/aromatic N) is 5. The van der Waals surface area contributed by atoms with Gasteiger partial charge in [0, 0.05) is 13.1 Å². The number of amides is 1. The summed E-state index contributed by atoms with van der Waals surface area (Å²) in [4.78, 5) is 19.3. The number of carbonyl (C=O) groups excluding carboxylic acids is 1. The number of imidazole rings is 1. The molecule has 0 radical (unpaired) electrons. The van der Waals surface area contributed by atoms with Crippen LogP contribution in [0.25, 0.3) is 22.2 Å². The number of hydrogen-bond donors (Lipinski definition) is 0. The first-order chi connectivity index (χ1) is 18.5. The average Bonchev–Trinajstić information content (AvgIpc) is 3.47. The van der Waals surface area contributed by atoms with Crippen LogP contribution in [0.5, 0.6) is 0 Å². The Labute approximate surface area is 221 Å². The minimum atomic E-state index is -0.459. The lowest BCUT2D eigenvalue weighted by Crippen LogP contribution is -2.40. The number of aromatic nitrogens is 2. The second kappa shape index (κ2) is 9.68. The van der Waals surface area contributed by atoms with Gasteiger partial charge in [-0.25, -0.2) is 9.78 Å². The molecule has 188 valence electrons. The fraction of sp³-hybridized carbons (Fsp3) is 0.290. The predicted octanol–water partition coefficient (Wildman–Crippen LogP) is 6.03. The monoisotopic (exact) mass is 501 g/mol. The third kappa shape index (κ3) is 4.60. The van der Waals surface area contributed by atoms with Gasteiger partial charge in [-0.05, 0) is 84.7 Å². The van der Waals surface area contributed by atoms with Crippen molar-refractivity contribution < 1.29 is 9.53 Å². The minimum absolute atomic E-state index is 0.249. The van der Waals surface area contributed by atoms with Gasteiger partial charge in [-0.2, -0.15) is 10.5 Å². The minimum Gasteiger partial charge on any atom is -0.441 e. The third-order valence-corrected chi connectivity index (χ3v) is 7.80. The van der Waals surface area contributed by atoms with Gasteiger partial charge >= 0.3 is 6.09 Å². The Hall–Kier alpha value is -4.62. The summed E-state index contributed by atoms with van der Waals surface area (Å²) in [7, 11) is 0. The smallest absolute Gasteiger partial charge is 0.410 e. The Balaban J connectivity index is 1.15. The molecule has 2 fully saturated rings. The summed E-state index contributed by atoms with van der Waals surface area (Å²) in [5.41, 5.74) is 5.80. The summed E-state index contributed by atoms with van der Waals surface area (Å²) in [5.74, 6) is 0.361. The van der Waals surface area contributed by atoms with Gasteiger partial charge in [0.05, 0.1) is 47.2 Å². The molecule has 1 aliphatic carbocycles. The molecule has 1 saturated heterocycles. The molecule has 7 nitrogen and oxygen atoms in total. The van der Waals surface area contributed by atoms with Gasteiger partial charge in [-0.15, -0.1) is 0 Å². The van der Waals surface area contributed by atoms with Crippen molar-refractivity contribution in [3.8, 4) is 23.3 Å². The van der Waals surface area contributed by atoms with Gasteiger partial charge in [0.15, 0.2) is 0 Å². The van der Waals surface area contributed by atoms with E-state index in [2.05, 4.69) is 27.8 Å². The molecule has 6 rings (SSSR count). The Morgan fingerprint density at radius 1 is 1.00 bits per heavy atom. The summed E-state index contributed by atoms with van der Waals surface area (Å²) in [6.07, 6.45) is 5.38. The van der Waals surface area contributed by atoms with Crippen LogP contribution in [0.1, 0.15) is 42.4 Å². The van der Waals surface area contributed by atoms with E-state index in [1.165, 1.54) is 0 Å². The lowest BCUT2D eigenvalue weighted by Gasteiger charge is -2.36. The van der Waals surface area contributed by atoms with Crippen LogP contribution in [-0.4, -0.2) is 32.7 Å². The van der Waals surface area contributed by atoms with E-state index in [0.29, 0.717) is 30.1 Å². The molecule has 3 aromatic carbocycles. The number of benzene rings is 3. The number of rotatable bonds is 5. The van der Waals surface area contributed by atoms with Crippen molar-refractivity contribution in [2.75, 3.05) is 6.54 Å². The van der Waals surface area contributed by atoms with E-state index in [1.807, 2.05) is 65.8 Å². The molecule has 1 aliphatic heterocycles. The van der Waals surface area contributed by atoms with Crippen molar-refractivity contribution in [3.63, 3.8) is 0 Å². The molecular formula is C31H27N5O2. The van der Waals surface area contributed by atoms with E-state index >= 15 is 0 Å². The predicted molar refractivity (Wildman–Crippen MR) is 143 cm³/mol. The van der Waals surface area contributed by atoms with Crippen molar-refractivity contribution in [2.24, 2.45) is 5.92 Å². The number of fused-ring (bicyclic) bond motifs is 1. The Morgan fingerprint density at radius 3 is 2.63 bits per heavy atom. The number of carbonyl (C=O) groups is 1. The van der Waals surface area contributed by atoms with Crippen LogP contribution in [-0.2, 0) is 17.8 Å². The molecule has 0 unspecified atom stereocenters. The van der Waals surface area contributed by atoms with Crippen LogP contribution < -0.4 is 0 Å². The molecule has 2 heterocycles. The fourth-order valence-electron chi connectivity index (χ4n) is 6.01. The van der Waals surface area contributed by atoms with Crippen molar-refractivity contribution in [2.45, 2.75) is 44.4 Å². The molecule has 0 N–H and O–H groups in total. The lowest BCUT2D eigenvalue weighted by molar-refractivity contribution is 0.00415. The summed E-state index contributed by atoms with van der Waals surface area (Å²) >= 11 is 0. The molecular weight excluding hydrogens is 474 g/mol. The molecule has 1 aromatic heterocycles. The van der Waals surface area contributed by atoms with Crippen molar-refractivity contribution in [3.05, 3.63) is 89.7 Å². The largest absolute Gasteiger partial charge is 0.441 e. The van der Waals surface area contributed by atoms with Gasteiger partial charge in [0.2, 0.25) is 0 Å². The van der Waals surface area contributed by atoms with Gasteiger partial charge in [0.25, 0.3) is 0 Å². The van der Waals surface area contributed by atoms with Crippen LogP contribution in [0, 0.1) is 28.6 Å². The second-order valence-electron chi connectivity index (χ2n) is 10.5. The van der Waals surface area contributed by atoms with Gasteiger partial charge in [0.1, 0.15) is 5.60 Å². The highest BCUT2D eigenvalue weighted by Crippen LogP contribution is 2.41. The third-order valence-electron chi connectivity index (χ3n) is 7.80. The lowest BCUT2D eigenvalue weighted by atomic mass is 9.78. The molecule has 38 heavy (non-hydrogen) atoms. The first-order valence-corrected chi connectivity index (χ1v) is 13.0. The molecule has 1 amide bonds. The number of hydrogen-bond acceptors (Lipinski definition) is 5. The molecule has 2 aliphatic rings. The topological polar surface area (TPSA) is 94.9 Å². The molecule has 0 bridgehead atoms. The quantitative estimate of drug-likeness (QED) is 0.333. The Morgan fingerprint density at radius 2 is 1.82 bits per heavy atom. The first kappa shape index (κ1) is 23.8. The molecule has 1 spiro atoms. The van der Waals surface area contributed by atoms with E-state index in [1.54, 1.807) is 6.07 Å². The van der Waals surface area contributed by atoms with E-state index in [4.69, 9.17) is 10.00 Å². The Bertz CT molecular complexity index is 1590. The van der Waals surface area contributed by atoms with E-state index < -0.39 is 5.60 Å². The molecule has 1 saturated carbocycles. The highest BCUT2D eigenvalue weighted by Gasteiger charge is 2.47. The van der Waals surface area contributed by atoms with Gasteiger partial charge in [-0.3, -0.25) is 4.90 Å². The van der Waals surface area contributed by atoms with Crippen molar-refractivity contribution >= 4 is 17.1 Å². The SMILES string of the molecule is N#Cc1ccc(-c2cccc(CN3C[C@@]4(CCC[C@H](Cn5cnc6ccc(C#N)cc65)C4)OC3=O)c2)cc1. The van der Waals surface area contributed by atoms with E-state index in [-0.39, 0.29) is 6.09 Å². The van der Waals surface area contributed by atoms with Crippen molar-refractivity contribution in [1.29, 1.82) is 10.5 Å². The first-order valence-electron chi connectivity index (χ1n) is 13.0. The van der Waals surface area contributed by atoms with E-state index in [9.17, 15) is 10.1 Å². The maximum absolute atomic E-state index is 13.0. The van der Waals surface area contributed by atoms with Crippen LogP contribution in [0.2, 0.25) is 0 Å². The average molecular weight is 502 g/mol. The number of ether oxygens (including phenoxy) is 1. The molecule has 7 heteroatoms. The van der Waals surface area contributed by atoms with E-state index in [0.717, 1.165) is 60.0 Å². The zero-order chi connectivity index (χ0) is 26.1. The summed E-state index contributed by atoms with van der Waals surface area (Å²) in [6.45, 7) is 1.88. The summed E-state index contributed by atoms with van der Waals surface area (Å²) < 4.78 is 8.20. The van der Waals surface area contributed by atoms with Gasteiger partial charge in [-0.1, -0.05) is 30.3 Å². The fourth-order valence-corrected chi connectivity index (χ4v) is 6.01. The zero-order valence-corrected chi connectivity index (χ0v) is 21.0. The molecule has 2 atom stereocenters. The standard InChI is InChI=1S/C31H27N5O2/c32-16-22-6-9-26(10-7-22)27-5-1-3-24(13-27)18-35-20-31(38-30(35)37)12-2-4-25(15-31)19-36-21-34-28-11-8-23(17-33)14-29(28)36/h1,3,5-11,13-14,21,25H,2,4,12,15,18-20H2/t25-,31-/m0/s1. The van der Waals surface area contributed by atoms with Crippen LogP contribution in [0.4, 0.5) is 4.79 Å². The molecule has 4 aromatic rings. The highest BCUT2D eigenvalue weighted by molar-refractivity contribution is 5.77. The second-order valence-corrected chi connectivity index (χ2v) is 10.5. The summed E-state index contributed by atoms with van der Waals surface area (Å²) in [6, 6.07) is 25.7. The maximum atomic E-state index is 13.0. The maximum Gasteiger partial charge on any atom is 0.410 e. The number of nitriles is 2. The van der Waals surface area contributed by atoms with Gasteiger partial charge < -0.3 is 9.30 Å². The van der Waals surface area contributed by atoms with Crippen LogP contribution >= 0.6 is 0 Å².